The number of hydrogen-bond donors (Lipinski definition) is 0. The first-order chi connectivity index (χ1) is 25.3. The fourth-order valence-electron chi connectivity index (χ4n) is 8.33. The van der Waals surface area contributed by atoms with Gasteiger partial charge in [0, 0.05) is 40.0 Å². The molecule has 0 radical (unpaired) electrons. The lowest BCUT2D eigenvalue weighted by atomic mass is 9.85. The van der Waals surface area contributed by atoms with Gasteiger partial charge in [0.1, 0.15) is 0 Å². The molecule has 2 saturated carbocycles. The first-order valence-corrected chi connectivity index (χ1v) is 18.9. The molecular weight excluding hydrogens is 623 g/mol. The minimum absolute atomic E-state index is 0.454. The van der Waals surface area contributed by atoms with E-state index in [0.717, 1.165) is 73.0 Å². The zero-order chi connectivity index (χ0) is 34.0. The lowest BCUT2D eigenvalue weighted by Crippen LogP contribution is -2.11. The van der Waals surface area contributed by atoms with Crippen molar-refractivity contribution >= 4 is 39.1 Å². The topological polar surface area (TPSA) is 54.8 Å². The second-order valence-electron chi connectivity index (χ2n) is 14.3. The molecule has 0 amide bonds. The van der Waals surface area contributed by atoms with Crippen molar-refractivity contribution in [2.45, 2.75) is 76.0 Å². The molecule has 2 aromatic heterocycles. The van der Waals surface area contributed by atoms with Gasteiger partial charge in [0.25, 0.3) is 0 Å². The van der Waals surface area contributed by atoms with E-state index in [0.29, 0.717) is 11.8 Å². The van der Waals surface area contributed by atoms with Crippen molar-refractivity contribution in [3.05, 3.63) is 139 Å². The molecule has 0 bridgehead atoms. The summed E-state index contributed by atoms with van der Waals surface area (Å²) in [5, 5.41) is 0. The Morgan fingerprint density at radius 2 is 0.706 bits per heavy atom. The van der Waals surface area contributed by atoms with E-state index in [2.05, 4.69) is 132 Å². The second-order valence-corrected chi connectivity index (χ2v) is 14.3. The van der Waals surface area contributed by atoms with Gasteiger partial charge in [0.05, 0.1) is 44.8 Å². The molecular formula is C46H43N5. The first kappa shape index (κ1) is 31.6. The number of anilines is 3. The standard InChI is InChI=1S/C46H43N5/c1-4-14-32(15-5-1)43-45(49-41-22-12-10-20-39(41)47-43)34-24-28-37(29-25-34)51(36-18-8-3-9-19-36)38-30-26-35(27-31-38)46-44(33-16-6-2-7-17-33)48-40-21-11-13-23-42(40)50-46/h3,8-13,18-33H,1-2,4-7,14-17H2. The van der Waals surface area contributed by atoms with Gasteiger partial charge < -0.3 is 4.90 Å². The summed E-state index contributed by atoms with van der Waals surface area (Å²) in [4.78, 5) is 23.2. The van der Waals surface area contributed by atoms with Crippen LogP contribution in [0.15, 0.2) is 127 Å². The zero-order valence-corrected chi connectivity index (χ0v) is 29.1. The summed E-state index contributed by atoms with van der Waals surface area (Å²) in [6.45, 7) is 0. The molecule has 2 aliphatic rings. The SMILES string of the molecule is c1ccc(N(c2ccc(-c3nc4ccccc4nc3C3CCCCC3)cc2)c2ccc(-c3nc4ccccc4nc3C3CCCCC3)cc2)cc1. The normalized spacial score (nSPS) is 15.7. The van der Waals surface area contributed by atoms with Crippen LogP contribution in [0.5, 0.6) is 0 Å². The van der Waals surface area contributed by atoms with Gasteiger partial charge in [0.2, 0.25) is 0 Å². The summed E-state index contributed by atoms with van der Waals surface area (Å²) in [7, 11) is 0. The predicted octanol–water partition coefficient (Wildman–Crippen LogP) is 12.5. The van der Waals surface area contributed by atoms with E-state index in [1.54, 1.807) is 0 Å². The van der Waals surface area contributed by atoms with Crippen molar-refractivity contribution in [2.24, 2.45) is 0 Å². The maximum atomic E-state index is 5.23. The Kier molecular flexibility index (Phi) is 8.70. The molecule has 7 aromatic rings. The Labute approximate surface area is 300 Å². The van der Waals surface area contributed by atoms with Crippen LogP contribution in [0, 0.1) is 0 Å². The fourth-order valence-corrected chi connectivity index (χ4v) is 8.33. The van der Waals surface area contributed by atoms with Crippen molar-refractivity contribution in [3.63, 3.8) is 0 Å². The van der Waals surface area contributed by atoms with Gasteiger partial charge in [-0.2, -0.15) is 0 Å². The second kappa shape index (κ2) is 14.1. The molecule has 2 heterocycles. The van der Waals surface area contributed by atoms with E-state index in [9.17, 15) is 0 Å². The Morgan fingerprint density at radius 1 is 0.353 bits per heavy atom. The van der Waals surface area contributed by atoms with Crippen LogP contribution in [0.1, 0.15) is 87.4 Å². The number of nitrogens with zero attached hydrogens (tertiary/aromatic N) is 5. The summed E-state index contributed by atoms with van der Waals surface area (Å²) >= 11 is 0. The summed E-state index contributed by atoms with van der Waals surface area (Å²) in [6.07, 6.45) is 12.4. The summed E-state index contributed by atoms with van der Waals surface area (Å²) in [5.74, 6) is 0.909. The molecule has 0 saturated heterocycles. The lowest BCUT2D eigenvalue weighted by Gasteiger charge is -2.27. The molecule has 5 aromatic carbocycles. The van der Waals surface area contributed by atoms with Crippen LogP contribution in [-0.4, -0.2) is 19.9 Å². The van der Waals surface area contributed by atoms with Gasteiger partial charge in [-0.05, 0) is 86.3 Å². The van der Waals surface area contributed by atoms with Gasteiger partial charge in [-0.15, -0.1) is 0 Å². The maximum Gasteiger partial charge on any atom is 0.0928 e. The Morgan fingerprint density at radius 3 is 1.12 bits per heavy atom. The molecule has 51 heavy (non-hydrogen) atoms. The van der Waals surface area contributed by atoms with E-state index < -0.39 is 0 Å². The zero-order valence-electron chi connectivity index (χ0n) is 29.1. The van der Waals surface area contributed by atoms with Crippen molar-refractivity contribution in [2.75, 3.05) is 4.90 Å². The quantitative estimate of drug-likeness (QED) is 0.170. The van der Waals surface area contributed by atoms with Gasteiger partial charge >= 0.3 is 0 Å². The smallest absolute Gasteiger partial charge is 0.0928 e. The van der Waals surface area contributed by atoms with Crippen molar-refractivity contribution in [1.29, 1.82) is 0 Å². The van der Waals surface area contributed by atoms with E-state index in [-0.39, 0.29) is 0 Å². The van der Waals surface area contributed by atoms with E-state index in [4.69, 9.17) is 19.9 Å². The highest BCUT2D eigenvalue weighted by Gasteiger charge is 2.25. The number of benzene rings is 5. The number of rotatable bonds is 7. The number of aromatic nitrogens is 4. The monoisotopic (exact) mass is 665 g/mol. The third kappa shape index (κ3) is 6.38. The summed E-state index contributed by atoms with van der Waals surface area (Å²) in [5.41, 5.74) is 13.8. The van der Waals surface area contributed by atoms with Gasteiger partial charge in [-0.3, -0.25) is 0 Å². The van der Waals surface area contributed by atoms with Crippen LogP contribution in [0.3, 0.4) is 0 Å². The summed E-state index contributed by atoms with van der Waals surface area (Å²) < 4.78 is 0. The lowest BCUT2D eigenvalue weighted by molar-refractivity contribution is 0.437. The Balaban J connectivity index is 1.09. The third-order valence-electron chi connectivity index (χ3n) is 11.0. The van der Waals surface area contributed by atoms with Crippen molar-refractivity contribution < 1.29 is 0 Å². The van der Waals surface area contributed by atoms with Crippen LogP contribution in [0.25, 0.3) is 44.6 Å². The van der Waals surface area contributed by atoms with Crippen LogP contribution >= 0.6 is 0 Å². The molecule has 0 N–H and O–H groups in total. The Bertz CT molecular complexity index is 2120. The molecule has 0 unspecified atom stereocenters. The number of para-hydroxylation sites is 5. The molecule has 5 heteroatoms. The van der Waals surface area contributed by atoms with E-state index >= 15 is 0 Å². The molecule has 0 spiro atoms. The van der Waals surface area contributed by atoms with Crippen LogP contribution in [0.2, 0.25) is 0 Å². The molecule has 252 valence electrons. The Hall–Kier alpha value is -5.42. The van der Waals surface area contributed by atoms with Crippen LogP contribution < -0.4 is 4.90 Å². The number of hydrogen-bond acceptors (Lipinski definition) is 5. The highest BCUT2D eigenvalue weighted by atomic mass is 15.1. The van der Waals surface area contributed by atoms with Crippen LogP contribution in [0.4, 0.5) is 17.1 Å². The maximum absolute atomic E-state index is 5.23. The average molecular weight is 666 g/mol. The minimum Gasteiger partial charge on any atom is -0.311 e. The highest BCUT2D eigenvalue weighted by Crippen LogP contribution is 2.41. The van der Waals surface area contributed by atoms with Gasteiger partial charge in [0.15, 0.2) is 0 Å². The fraction of sp³-hybridized carbons (Fsp3) is 0.261. The number of fused-ring (bicyclic) bond motifs is 2. The molecule has 2 fully saturated rings. The molecule has 5 nitrogen and oxygen atoms in total. The third-order valence-corrected chi connectivity index (χ3v) is 11.0. The predicted molar refractivity (Wildman–Crippen MR) is 210 cm³/mol. The molecule has 2 aliphatic carbocycles. The van der Waals surface area contributed by atoms with Crippen molar-refractivity contribution in [3.8, 4) is 22.5 Å². The minimum atomic E-state index is 0.454. The molecule has 0 aliphatic heterocycles. The summed E-state index contributed by atoms with van der Waals surface area (Å²) in [6, 6.07) is 45.0. The van der Waals surface area contributed by atoms with E-state index in [1.165, 1.54) is 64.2 Å². The highest BCUT2D eigenvalue weighted by molar-refractivity contribution is 5.83. The van der Waals surface area contributed by atoms with Gasteiger partial charge in [-0.1, -0.05) is 105 Å². The van der Waals surface area contributed by atoms with Gasteiger partial charge in [-0.25, -0.2) is 19.9 Å². The average Bonchev–Trinajstić information content (AvgIpc) is 3.21. The molecule has 0 atom stereocenters. The first-order valence-electron chi connectivity index (χ1n) is 18.9. The van der Waals surface area contributed by atoms with E-state index in [1.807, 2.05) is 0 Å². The molecule has 9 rings (SSSR count). The van der Waals surface area contributed by atoms with Crippen LogP contribution in [-0.2, 0) is 0 Å². The van der Waals surface area contributed by atoms with Crippen molar-refractivity contribution in [1.82, 2.24) is 19.9 Å². The largest absolute Gasteiger partial charge is 0.311 e.